The standard InChI is InChI=1S/2C22H30N3.4C4H8O.Ca/c2*1-15(2)17-11-10-12-18(16(3)4)20(17)25-21(22(5,6)7)24-19-13-8-9-14-23-19;4*1-2-4-5-3-1;/h2*8-16H,1-7H3;4*1-4H2;/q2*-1;;;;;+2. The summed E-state index contributed by atoms with van der Waals surface area (Å²) in [6, 6.07) is 24.5. The molecule has 4 saturated heterocycles. The van der Waals surface area contributed by atoms with Crippen LogP contribution in [-0.2, 0) is 18.9 Å². The molecule has 388 valence electrons. The molecule has 0 atom stereocenters. The van der Waals surface area contributed by atoms with E-state index in [0.29, 0.717) is 35.3 Å². The van der Waals surface area contributed by atoms with Crippen molar-refractivity contribution in [2.75, 3.05) is 52.9 Å². The summed E-state index contributed by atoms with van der Waals surface area (Å²) in [6.07, 6.45) is 13.8. The molecule has 71 heavy (non-hydrogen) atoms. The average Bonchev–Trinajstić information content (AvgIpc) is 4.20. The summed E-state index contributed by atoms with van der Waals surface area (Å²) in [7, 11) is 0. The molecule has 0 aliphatic carbocycles. The number of hydrogen-bond acceptors (Lipinski definition) is 8. The van der Waals surface area contributed by atoms with Crippen LogP contribution in [0.5, 0.6) is 0 Å². The van der Waals surface area contributed by atoms with E-state index in [1.807, 2.05) is 36.4 Å². The van der Waals surface area contributed by atoms with Gasteiger partial charge in [-0.2, -0.15) is 0 Å². The van der Waals surface area contributed by atoms with Crippen LogP contribution in [0.2, 0.25) is 0 Å². The maximum Gasteiger partial charge on any atom is 2.00 e. The van der Waals surface area contributed by atoms with Crippen molar-refractivity contribution in [1.82, 2.24) is 9.97 Å². The van der Waals surface area contributed by atoms with Gasteiger partial charge in [0.15, 0.2) is 0 Å². The van der Waals surface area contributed by atoms with E-state index in [-0.39, 0.29) is 48.6 Å². The average molecular weight is 1000 g/mol. The Bertz CT molecular complexity index is 1810. The van der Waals surface area contributed by atoms with Crippen molar-refractivity contribution in [1.29, 1.82) is 0 Å². The molecule has 0 spiro atoms. The van der Waals surface area contributed by atoms with Crippen molar-refractivity contribution in [3.05, 3.63) is 118 Å². The van der Waals surface area contributed by atoms with E-state index in [0.717, 1.165) is 75.9 Å². The van der Waals surface area contributed by atoms with Crippen LogP contribution in [0.25, 0.3) is 10.6 Å². The van der Waals surface area contributed by atoms with Gasteiger partial charge in [-0.1, -0.05) is 158 Å². The van der Waals surface area contributed by atoms with Gasteiger partial charge in [0, 0.05) is 64.5 Å². The Hall–Kier alpha value is -3.22. The third-order valence-electron chi connectivity index (χ3n) is 11.5. The Morgan fingerprint density at radius 1 is 0.408 bits per heavy atom. The number of benzene rings is 2. The third-order valence-corrected chi connectivity index (χ3v) is 11.5. The number of hydrogen-bond donors (Lipinski definition) is 0. The second-order valence-electron chi connectivity index (χ2n) is 21.4. The van der Waals surface area contributed by atoms with Crippen LogP contribution in [-0.4, -0.2) is 112 Å². The first-order valence-corrected chi connectivity index (χ1v) is 26.4. The molecular formula is C60H92CaN6O4. The van der Waals surface area contributed by atoms with E-state index >= 15 is 0 Å². The van der Waals surface area contributed by atoms with Crippen LogP contribution in [0.15, 0.2) is 95.2 Å². The molecular weight excluding hydrogens is 909 g/mol. The molecule has 0 unspecified atom stereocenters. The van der Waals surface area contributed by atoms with E-state index < -0.39 is 0 Å². The number of nitrogens with zero attached hydrogens (tertiary/aromatic N) is 6. The maximum atomic E-state index is 5.08. The Balaban J connectivity index is 0.000000344. The van der Waals surface area contributed by atoms with Crippen molar-refractivity contribution < 1.29 is 18.9 Å². The quantitative estimate of drug-likeness (QED) is 0.0986. The van der Waals surface area contributed by atoms with Crippen molar-refractivity contribution in [2.45, 2.75) is 172 Å². The fraction of sp³-hybridized carbons (Fsp3) is 0.600. The molecule has 0 amide bonds. The van der Waals surface area contributed by atoms with Gasteiger partial charge in [-0.25, -0.2) is 0 Å². The predicted molar refractivity (Wildman–Crippen MR) is 303 cm³/mol. The predicted octanol–water partition coefficient (Wildman–Crippen LogP) is 17.0. The zero-order chi connectivity index (χ0) is 51.4. The molecule has 11 heteroatoms. The van der Waals surface area contributed by atoms with Crippen molar-refractivity contribution in [3.8, 4) is 0 Å². The minimum atomic E-state index is -0.171. The van der Waals surface area contributed by atoms with E-state index in [9.17, 15) is 0 Å². The molecule has 4 aliphatic rings. The number of amidine groups is 2. The van der Waals surface area contributed by atoms with E-state index in [1.165, 1.54) is 73.6 Å². The minimum absolute atomic E-state index is 0. The van der Waals surface area contributed by atoms with Crippen LogP contribution in [0, 0.1) is 10.8 Å². The first-order valence-electron chi connectivity index (χ1n) is 26.4. The second kappa shape index (κ2) is 35.1. The Labute approximate surface area is 461 Å². The van der Waals surface area contributed by atoms with Gasteiger partial charge >= 0.3 is 37.7 Å². The van der Waals surface area contributed by atoms with Gasteiger partial charge in [-0.05, 0) is 156 Å². The van der Waals surface area contributed by atoms with Crippen LogP contribution < -0.4 is 0 Å². The summed E-state index contributed by atoms with van der Waals surface area (Å²) in [5.74, 6) is 4.65. The Kier molecular flexibility index (Phi) is 31.6. The number of aromatic nitrogens is 2. The fourth-order valence-electron chi connectivity index (χ4n) is 7.31. The summed E-state index contributed by atoms with van der Waals surface area (Å²) >= 11 is 0. The molecule has 2 aromatic carbocycles. The summed E-state index contributed by atoms with van der Waals surface area (Å²) in [5.41, 5.74) is 6.86. The van der Waals surface area contributed by atoms with Crippen LogP contribution in [0.4, 0.5) is 23.0 Å². The molecule has 0 radical (unpaired) electrons. The number of para-hydroxylation sites is 2. The van der Waals surface area contributed by atoms with Gasteiger partial charge in [0.2, 0.25) is 0 Å². The van der Waals surface area contributed by atoms with Gasteiger partial charge in [0.25, 0.3) is 0 Å². The van der Waals surface area contributed by atoms with E-state index in [2.05, 4.69) is 143 Å². The van der Waals surface area contributed by atoms with Crippen LogP contribution >= 0.6 is 0 Å². The van der Waals surface area contributed by atoms with Crippen LogP contribution in [0.1, 0.15) is 194 Å². The SMILES string of the molecule is C1CCOC1.C1CCOC1.C1CCOC1.C1CCOC1.CC(C)c1cccc(C(C)C)c1N=C([N-]c1ccccn1)C(C)(C)C.CC(C)c1cccc(C(C)C)c1N=C([N-]c1ccccn1)C(C)(C)C.[Ca+2]. The van der Waals surface area contributed by atoms with Crippen molar-refractivity contribution in [2.24, 2.45) is 20.8 Å². The Morgan fingerprint density at radius 3 is 0.831 bits per heavy atom. The van der Waals surface area contributed by atoms with E-state index in [4.69, 9.17) is 39.6 Å². The molecule has 0 saturated carbocycles. The molecule has 0 bridgehead atoms. The van der Waals surface area contributed by atoms with Gasteiger partial charge in [0.1, 0.15) is 0 Å². The molecule has 8 rings (SSSR count). The number of ether oxygens (including phenoxy) is 4. The third kappa shape index (κ3) is 25.5. The van der Waals surface area contributed by atoms with Gasteiger partial charge in [0.05, 0.1) is 0 Å². The Morgan fingerprint density at radius 2 is 0.662 bits per heavy atom. The summed E-state index contributed by atoms with van der Waals surface area (Å²) in [4.78, 5) is 18.8. The van der Waals surface area contributed by atoms with Crippen molar-refractivity contribution in [3.63, 3.8) is 0 Å². The van der Waals surface area contributed by atoms with E-state index in [1.54, 1.807) is 12.4 Å². The summed E-state index contributed by atoms with van der Waals surface area (Å²) in [6.45, 7) is 38.6. The first-order chi connectivity index (χ1) is 33.4. The monoisotopic (exact) mass is 1000 g/mol. The molecule has 6 heterocycles. The molecule has 4 fully saturated rings. The maximum absolute atomic E-state index is 5.08. The second-order valence-corrected chi connectivity index (χ2v) is 21.4. The summed E-state index contributed by atoms with van der Waals surface area (Å²) < 4.78 is 19.8. The molecule has 0 N–H and O–H groups in total. The molecule has 4 aliphatic heterocycles. The smallest absolute Gasteiger partial charge is 0.381 e. The molecule has 10 nitrogen and oxygen atoms in total. The van der Waals surface area contributed by atoms with Crippen LogP contribution in [0.3, 0.4) is 0 Å². The first kappa shape index (κ1) is 63.9. The zero-order valence-corrected chi connectivity index (χ0v) is 48.9. The fourth-order valence-corrected chi connectivity index (χ4v) is 7.31. The van der Waals surface area contributed by atoms with Gasteiger partial charge in [-0.3, -0.25) is 0 Å². The van der Waals surface area contributed by atoms with Gasteiger partial charge < -0.3 is 49.5 Å². The molecule has 4 aromatic rings. The largest absolute Gasteiger partial charge is 2.00 e. The number of aliphatic imine (C=N–C) groups is 2. The molecule has 2 aromatic heterocycles. The summed E-state index contributed by atoms with van der Waals surface area (Å²) in [5, 5.41) is 9.53. The van der Waals surface area contributed by atoms with Gasteiger partial charge in [-0.15, -0.1) is 0 Å². The minimum Gasteiger partial charge on any atom is -0.381 e. The topological polar surface area (TPSA) is 116 Å². The zero-order valence-electron chi connectivity index (χ0n) is 46.7. The number of rotatable bonds is 8. The normalized spacial score (nSPS) is 15.7. The van der Waals surface area contributed by atoms with Crippen molar-refractivity contribution >= 4 is 72.4 Å². The number of pyridine rings is 2.